The predicted molar refractivity (Wildman–Crippen MR) is 60.2 cm³/mol. The van der Waals surface area contributed by atoms with E-state index in [9.17, 15) is 4.79 Å². The highest BCUT2D eigenvalue weighted by atomic mass is 16.5. The lowest BCUT2D eigenvalue weighted by atomic mass is 10.2. The first-order valence-corrected chi connectivity index (χ1v) is 4.83. The topological polar surface area (TPSA) is 26.3 Å². The second-order valence-electron chi connectivity index (χ2n) is 2.98. The number of hydrogen-bond acceptors (Lipinski definition) is 2. The summed E-state index contributed by atoms with van der Waals surface area (Å²) in [6, 6.07) is 9.60. The van der Waals surface area contributed by atoms with Gasteiger partial charge < -0.3 is 4.74 Å². The first kappa shape index (κ1) is 11.2. The van der Waals surface area contributed by atoms with Crippen molar-refractivity contribution in [2.45, 2.75) is 13.5 Å². The number of allylic oxidation sites excluding steroid dienone is 3. The molecule has 2 heteroatoms. The third-order valence-electron chi connectivity index (χ3n) is 1.76. The Labute approximate surface area is 89.9 Å². The number of rotatable bonds is 4. The van der Waals surface area contributed by atoms with Crippen LogP contribution < -0.4 is 0 Å². The fourth-order valence-corrected chi connectivity index (χ4v) is 1.02. The van der Waals surface area contributed by atoms with Crippen LogP contribution in [0.1, 0.15) is 12.5 Å². The van der Waals surface area contributed by atoms with Gasteiger partial charge in [-0.1, -0.05) is 48.6 Å². The molecule has 0 aliphatic heterocycles. The molecule has 0 bridgehead atoms. The number of hydrogen-bond donors (Lipinski definition) is 0. The van der Waals surface area contributed by atoms with Gasteiger partial charge >= 0.3 is 5.97 Å². The second-order valence-corrected chi connectivity index (χ2v) is 2.98. The highest BCUT2D eigenvalue weighted by molar-refractivity contribution is 5.82. The SMILES string of the molecule is CC=CC=CC(=O)OCc1ccccc1. The molecule has 0 N–H and O–H groups in total. The van der Waals surface area contributed by atoms with Crippen LogP contribution in [0, 0.1) is 0 Å². The Morgan fingerprint density at radius 1 is 1.27 bits per heavy atom. The lowest BCUT2D eigenvalue weighted by Gasteiger charge is -2.00. The van der Waals surface area contributed by atoms with Gasteiger partial charge in [-0.3, -0.25) is 0 Å². The van der Waals surface area contributed by atoms with E-state index in [1.54, 1.807) is 12.2 Å². The average Bonchev–Trinajstić information content (AvgIpc) is 2.28. The van der Waals surface area contributed by atoms with Crippen molar-refractivity contribution in [1.82, 2.24) is 0 Å². The highest BCUT2D eigenvalue weighted by Gasteiger charge is 1.96. The molecule has 0 spiro atoms. The van der Waals surface area contributed by atoms with Crippen molar-refractivity contribution in [3.05, 3.63) is 60.2 Å². The van der Waals surface area contributed by atoms with Gasteiger partial charge in [0.25, 0.3) is 0 Å². The van der Waals surface area contributed by atoms with Gasteiger partial charge in [0.15, 0.2) is 0 Å². The number of benzene rings is 1. The predicted octanol–water partition coefficient (Wildman–Crippen LogP) is 2.86. The first-order valence-electron chi connectivity index (χ1n) is 4.83. The van der Waals surface area contributed by atoms with Crippen molar-refractivity contribution in [3.8, 4) is 0 Å². The van der Waals surface area contributed by atoms with Crippen LogP contribution in [-0.2, 0) is 16.1 Å². The molecule has 0 fully saturated rings. The van der Waals surface area contributed by atoms with Crippen LogP contribution in [0.5, 0.6) is 0 Å². The number of esters is 1. The summed E-state index contributed by atoms with van der Waals surface area (Å²) in [5.41, 5.74) is 0.991. The van der Waals surface area contributed by atoms with Crippen molar-refractivity contribution < 1.29 is 9.53 Å². The Hall–Kier alpha value is -1.83. The summed E-state index contributed by atoms with van der Waals surface area (Å²) in [5.74, 6) is -0.322. The fourth-order valence-electron chi connectivity index (χ4n) is 1.02. The molecule has 0 aliphatic rings. The third kappa shape index (κ3) is 4.81. The van der Waals surface area contributed by atoms with E-state index in [-0.39, 0.29) is 5.97 Å². The third-order valence-corrected chi connectivity index (χ3v) is 1.76. The molecule has 0 aliphatic carbocycles. The zero-order valence-electron chi connectivity index (χ0n) is 8.72. The van der Waals surface area contributed by atoms with E-state index in [0.717, 1.165) is 5.56 Å². The summed E-state index contributed by atoms with van der Waals surface area (Å²) in [5, 5.41) is 0. The van der Waals surface area contributed by atoms with Crippen molar-refractivity contribution in [2.75, 3.05) is 0 Å². The lowest BCUT2D eigenvalue weighted by Crippen LogP contribution is -2.00. The van der Waals surface area contributed by atoms with Crippen molar-refractivity contribution in [3.63, 3.8) is 0 Å². The van der Waals surface area contributed by atoms with E-state index < -0.39 is 0 Å². The molecular weight excluding hydrogens is 188 g/mol. The van der Waals surface area contributed by atoms with Gasteiger partial charge in [0.1, 0.15) is 6.61 Å². The number of carbonyl (C=O) groups is 1. The first-order chi connectivity index (χ1) is 7.33. The Morgan fingerprint density at radius 2 is 2.00 bits per heavy atom. The molecular formula is C13H14O2. The minimum absolute atomic E-state index is 0.319. The highest BCUT2D eigenvalue weighted by Crippen LogP contribution is 2.00. The van der Waals surface area contributed by atoms with E-state index in [4.69, 9.17) is 4.74 Å². The Morgan fingerprint density at radius 3 is 2.67 bits per heavy atom. The Bertz CT molecular complexity index is 350. The van der Waals surface area contributed by atoms with Crippen LogP contribution in [0.4, 0.5) is 0 Å². The minimum Gasteiger partial charge on any atom is -0.458 e. The van der Waals surface area contributed by atoms with Gasteiger partial charge in [-0.25, -0.2) is 4.79 Å². The summed E-state index contributed by atoms with van der Waals surface area (Å²) in [6.45, 7) is 2.21. The van der Waals surface area contributed by atoms with Gasteiger partial charge in [-0.05, 0) is 12.5 Å². The molecule has 2 nitrogen and oxygen atoms in total. The molecule has 0 radical (unpaired) electrons. The maximum absolute atomic E-state index is 11.1. The minimum atomic E-state index is -0.322. The van der Waals surface area contributed by atoms with E-state index in [2.05, 4.69) is 0 Å². The molecule has 1 aromatic rings. The van der Waals surface area contributed by atoms with Gasteiger partial charge in [-0.2, -0.15) is 0 Å². The molecule has 0 saturated heterocycles. The monoisotopic (exact) mass is 202 g/mol. The van der Waals surface area contributed by atoms with Gasteiger partial charge in [0.05, 0.1) is 0 Å². The van der Waals surface area contributed by atoms with Gasteiger partial charge in [0, 0.05) is 6.08 Å². The molecule has 0 heterocycles. The smallest absolute Gasteiger partial charge is 0.331 e. The van der Waals surface area contributed by atoms with Crippen molar-refractivity contribution >= 4 is 5.97 Å². The summed E-state index contributed by atoms with van der Waals surface area (Å²) < 4.78 is 5.02. The fraction of sp³-hybridized carbons (Fsp3) is 0.154. The van der Waals surface area contributed by atoms with E-state index in [0.29, 0.717) is 6.61 Å². The molecule has 0 unspecified atom stereocenters. The molecule has 0 atom stereocenters. The van der Waals surface area contributed by atoms with E-state index in [1.165, 1.54) is 6.08 Å². The maximum atomic E-state index is 11.1. The van der Waals surface area contributed by atoms with Crippen LogP contribution in [0.2, 0.25) is 0 Å². The second kappa shape index (κ2) is 6.60. The Kier molecular flexibility index (Phi) is 4.95. The van der Waals surface area contributed by atoms with E-state index in [1.807, 2.05) is 43.3 Å². The number of carbonyl (C=O) groups excluding carboxylic acids is 1. The molecule has 78 valence electrons. The van der Waals surface area contributed by atoms with Gasteiger partial charge in [0.2, 0.25) is 0 Å². The maximum Gasteiger partial charge on any atom is 0.331 e. The normalized spacial score (nSPS) is 11.0. The van der Waals surface area contributed by atoms with Crippen LogP contribution in [0.25, 0.3) is 0 Å². The average molecular weight is 202 g/mol. The van der Waals surface area contributed by atoms with Crippen LogP contribution in [-0.4, -0.2) is 5.97 Å². The Balaban J connectivity index is 2.35. The standard InChI is InChI=1S/C13H14O2/c1-2-3-5-10-13(14)15-11-12-8-6-4-7-9-12/h2-10H,11H2,1H3. The zero-order valence-corrected chi connectivity index (χ0v) is 8.72. The van der Waals surface area contributed by atoms with Gasteiger partial charge in [-0.15, -0.1) is 0 Å². The summed E-state index contributed by atoms with van der Waals surface area (Å²) >= 11 is 0. The van der Waals surface area contributed by atoms with Crippen molar-refractivity contribution in [2.24, 2.45) is 0 Å². The molecule has 1 rings (SSSR count). The largest absolute Gasteiger partial charge is 0.458 e. The molecule has 1 aromatic carbocycles. The summed E-state index contributed by atoms with van der Waals surface area (Å²) in [7, 11) is 0. The van der Waals surface area contributed by atoms with Crippen LogP contribution >= 0.6 is 0 Å². The molecule has 0 saturated carbocycles. The van der Waals surface area contributed by atoms with Crippen molar-refractivity contribution in [1.29, 1.82) is 0 Å². The van der Waals surface area contributed by atoms with Crippen LogP contribution in [0.3, 0.4) is 0 Å². The molecule has 15 heavy (non-hydrogen) atoms. The molecule has 0 aromatic heterocycles. The van der Waals surface area contributed by atoms with E-state index >= 15 is 0 Å². The summed E-state index contributed by atoms with van der Waals surface area (Å²) in [6.07, 6.45) is 6.70. The number of ether oxygens (including phenoxy) is 1. The van der Waals surface area contributed by atoms with Crippen LogP contribution in [0.15, 0.2) is 54.6 Å². The summed E-state index contributed by atoms with van der Waals surface area (Å²) in [4.78, 5) is 11.1. The molecule has 0 amide bonds. The quantitative estimate of drug-likeness (QED) is 0.426. The lowest BCUT2D eigenvalue weighted by molar-refractivity contribution is -0.139. The zero-order chi connectivity index (χ0) is 10.9.